The molecule has 0 aliphatic carbocycles. The highest BCUT2D eigenvalue weighted by Crippen LogP contribution is 2.10. The number of hydrogen-bond donors (Lipinski definition) is 1. The largest absolute Gasteiger partial charge is 0.320 e. The van der Waals surface area contributed by atoms with E-state index in [2.05, 4.69) is 5.32 Å². The van der Waals surface area contributed by atoms with E-state index in [0.29, 0.717) is 13.0 Å². The van der Waals surface area contributed by atoms with Gasteiger partial charge in [0.15, 0.2) is 0 Å². The molecule has 18 heavy (non-hydrogen) atoms. The fourth-order valence-electron chi connectivity index (χ4n) is 1.75. The van der Waals surface area contributed by atoms with Crippen LogP contribution >= 0.6 is 0 Å². The second-order valence-electron chi connectivity index (χ2n) is 4.52. The Balaban J connectivity index is 2.61. The van der Waals surface area contributed by atoms with E-state index in [1.165, 1.54) is 4.31 Å². The quantitative estimate of drug-likeness (QED) is 0.761. The zero-order chi connectivity index (χ0) is 13.6. The van der Waals surface area contributed by atoms with Gasteiger partial charge in [-0.1, -0.05) is 29.8 Å². The van der Waals surface area contributed by atoms with E-state index in [1.54, 1.807) is 7.05 Å². The van der Waals surface area contributed by atoms with Gasteiger partial charge in [0.1, 0.15) is 0 Å². The lowest BCUT2D eigenvalue weighted by molar-refractivity contribution is 0.465. The molecular weight excluding hydrogens is 248 g/mol. The number of benzene rings is 1. The summed E-state index contributed by atoms with van der Waals surface area (Å²) in [6.07, 6.45) is 0.636. The Bertz CT molecular complexity index is 472. The molecule has 102 valence electrons. The summed E-state index contributed by atoms with van der Waals surface area (Å²) in [6, 6.07) is 7.92. The van der Waals surface area contributed by atoms with Gasteiger partial charge in [0.2, 0.25) is 10.0 Å². The van der Waals surface area contributed by atoms with Crippen LogP contribution in [-0.2, 0) is 16.6 Å². The van der Waals surface area contributed by atoms with Crippen LogP contribution in [-0.4, -0.2) is 39.1 Å². The normalized spacial score (nSPS) is 12.0. The molecule has 1 aromatic rings. The minimum absolute atomic E-state index is 0.191. The predicted octanol–water partition coefficient (Wildman–Crippen LogP) is 1.37. The van der Waals surface area contributed by atoms with E-state index >= 15 is 0 Å². The molecule has 0 atom stereocenters. The fourth-order valence-corrected chi connectivity index (χ4v) is 2.92. The van der Waals surface area contributed by atoms with Crippen molar-refractivity contribution in [1.82, 2.24) is 9.62 Å². The maximum atomic E-state index is 12.0. The molecule has 4 nitrogen and oxygen atoms in total. The number of nitrogens with zero attached hydrogens (tertiary/aromatic N) is 1. The summed E-state index contributed by atoms with van der Waals surface area (Å²) in [5.74, 6) is 0.191. The van der Waals surface area contributed by atoms with Crippen LogP contribution in [0.5, 0.6) is 0 Å². The molecule has 0 radical (unpaired) electrons. The van der Waals surface area contributed by atoms with Crippen molar-refractivity contribution in [2.24, 2.45) is 0 Å². The smallest absolute Gasteiger partial charge is 0.214 e. The van der Waals surface area contributed by atoms with Gasteiger partial charge in [0.25, 0.3) is 0 Å². The fraction of sp³-hybridized carbons (Fsp3) is 0.538. The third kappa shape index (κ3) is 4.76. The van der Waals surface area contributed by atoms with Gasteiger partial charge in [-0.15, -0.1) is 0 Å². The van der Waals surface area contributed by atoms with Gasteiger partial charge in [-0.2, -0.15) is 0 Å². The molecule has 1 aromatic carbocycles. The van der Waals surface area contributed by atoms with Crippen LogP contribution in [0.2, 0.25) is 0 Å². The minimum atomic E-state index is -3.15. The molecule has 0 saturated carbocycles. The van der Waals surface area contributed by atoms with Crippen LogP contribution in [0.4, 0.5) is 0 Å². The number of sulfonamides is 1. The summed E-state index contributed by atoms with van der Waals surface area (Å²) >= 11 is 0. The number of rotatable bonds is 7. The Morgan fingerprint density at radius 3 is 2.67 bits per heavy atom. The molecule has 5 heteroatoms. The van der Waals surface area contributed by atoms with Crippen molar-refractivity contribution in [2.45, 2.75) is 19.9 Å². The Hall–Kier alpha value is -0.910. The van der Waals surface area contributed by atoms with Crippen molar-refractivity contribution < 1.29 is 8.42 Å². The Morgan fingerprint density at radius 2 is 2.06 bits per heavy atom. The average molecular weight is 270 g/mol. The summed E-state index contributed by atoms with van der Waals surface area (Å²) in [5, 5.41) is 2.95. The molecule has 0 fully saturated rings. The van der Waals surface area contributed by atoms with Crippen LogP contribution in [0, 0.1) is 6.92 Å². The monoisotopic (exact) mass is 270 g/mol. The highest BCUT2D eigenvalue weighted by atomic mass is 32.2. The standard InChI is InChI=1S/C13H22N2O2S/c1-12-6-4-7-13(10-12)11-15(3)18(16,17)9-5-8-14-2/h4,6-7,10,14H,5,8-9,11H2,1-3H3. The number of hydrogen-bond acceptors (Lipinski definition) is 3. The predicted molar refractivity (Wildman–Crippen MR) is 75.0 cm³/mol. The first kappa shape index (κ1) is 15.1. The summed E-state index contributed by atoms with van der Waals surface area (Å²) in [7, 11) is 0.308. The summed E-state index contributed by atoms with van der Waals surface area (Å²) in [4.78, 5) is 0. The first-order valence-corrected chi connectivity index (χ1v) is 7.71. The van der Waals surface area contributed by atoms with E-state index in [9.17, 15) is 8.42 Å². The van der Waals surface area contributed by atoms with Crippen molar-refractivity contribution in [3.63, 3.8) is 0 Å². The molecule has 0 heterocycles. The van der Waals surface area contributed by atoms with Gasteiger partial charge < -0.3 is 5.32 Å². The molecule has 0 aromatic heterocycles. The highest BCUT2D eigenvalue weighted by Gasteiger charge is 2.17. The lowest BCUT2D eigenvalue weighted by Crippen LogP contribution is -2.30. The van der Waals surface area contributed by atoms with Crippen LogP contribution in [0.3, 0.4) is 0 Å². The molecule has 0 bridgehead atoms. The second kappa shape index (κ2) is 6.87. The Labute approximate surface area is 110 Å². The van der Waals surface area contributed by atoms with Crippen molar-refractivity contribution in [3.05, 3.63) is 35.4 Å². The molecule has 0 spiro atoms. The van der Waals surface area contributed by atoms with Crippen LogP contribution < -0.4 is 5.32 Å². The molecule has 0 saturated heterocycles. The first-order valence-electron chi connectivity index (χ1n) is 6.10. The van der Waals surface area contributed by atoms with Gasteiger partial charge in [-0.3, -0.25) is 0 Å². The third-order valence-corrected chi connectivity index (χ3v) is 4.68. The summed E-state index contributed by atoms with van der Waals surface area (Å²) < 4.78 is 25.4. The van der Waals surface area contributed by atoms with Crippen molar-refractivity contribution in [1.29, 1.82) is 0 Å². The lowest BCUT2D eigenvalue weighted by atomic mass is 10.1. The van der Waals surface area contributed by atoms with Gasteiger partial charge in [0.05, 0.1) is 5.75 Å². The summed E-state index contributed by atoms with van der Waals surface area (Å²) in [5.41, 5.74) is 2.17. The number of aryl methyl sites for hydroxylation is 1. The van der Waals surface area contributed by atoms with Crippen LogP contribution in [0.15, 0.2) is 24.3 Å². The second-order valence-corrected chi connectivity index (χ2v) is 6.71. The van der Waals surface area contributed by atoms with E-state index in [1.807, 2.05) is 38.2 Å². The van der Waals surface area contributed by atoms with Gasteiger partial charge in [0, 0.05) is 13.6 Å². The van der Waals surface area contributed by atoms with E-state index < -0.39 is 10.0 Å². The third-order valence-electron chi connectivity index (χ3n) is 2.79. The molecular formula is C13H22N2O2S. The minimum Gasteiger partial charge on any atom is -0.320 e. The first-order chi connectivity index (χ1) is 8.45. The van der Waals surface area contributed by atoms with Crippen molar-refractivity contribution in [3.8, 4) is 0 Å². The Kier molecular flexibility index (Phi) is 5.78. The average Bonchev–Trinajstić information content (AvgIpc) is 2.29. The maximum absolute atomic E-state index is 12.0. The molecule has 0 amide bonds. The summed E-state index contributed by atoms with van der Waals surface area (Å²) in [6.45, 7) is 3.16. The SMILES string of the molecule is CNCCCS(=O)(=O)N(C)Cc1cccc(C)c1. The number of nitrogens with one attached hydrogen (secondary N) is 1. The van der Waals surface area contributed by atoms with Crippen molar-refractivity contribution in [2.75, 3.05) is 26.4 Å². The van der Waals surface area contributed by atoms with Gasteiger partial charge in [-0.05, 0) is 32.5 Å². The lowest BCUT2D eigenvalue weighted by Gasteiger charge is -2.17. The maximum Gasteiger partial charge on any atom is 0.214 e. The zero-order valence-corrected chi connectivity index (χ0v) is 12.1. The van der Waals surface area contributed by atoms with Crippen molar-refractivity contribution >= 4 is 10.0 Å². The van der Waals surface area contributed by atoms with E-state index in [0.717, 1.165) is 17.7 Å². The van der Waals surface area contributed by atoms with Crippen LogP contribution in [0.25, 0.3) is 0 Å². The zero-order valence-electron chi connectivity index (χ0n) is 11.3. The Morgan fingerprint density at radius 1 is 1.33 bits per heavy atom. The van der Waals surface area contributed by atoms with E-state index in [-0.39, 0.29) is 5.75 Å². The molecule has 1 rings (SSSR count). The highest BCUT2D eigenvalue weighted by molar-refractivity contribution is 7.89. The van der Waals surface area contributed by atoms with Gasteiger partial charge >= 0.3 is 0 Å². The molecule has 0 aliphatic rings. The van der Waals surface area contributed by atoms with E-state index in [4.69, 9.17) is 0 Å². The van der Waals surface area contributed by atoms with Crippen LogP contribution in [0.1, 0.15) is 17.5 Å². The topological polar surface area (TPSA) is 49.4 Å². The van der Waals surface area contributed by atoms with Gasteiger partial charge in [-0.25, -0.2) is 12.7 Å². The molecule has 0 aliphatic heterocycles. The molecule has 0 unspecified atom stereocenters. The molecule has 1 N–H and O–H groups in total.